The molecule has 1 aromatic carbocycles. The molecule has 1 aromatic rings. The minimum Gasteiger partial charge on any atom is -0.492 e. The van der Waals surface area contributed by atoms with Crippen LogP contribution in [0.1, 0.15) is 31.7 Å². The predicted molar refractivity (Wildman–Crippen MR) is 116 cm³/mol. The molecule has 8 heteroatoms. The average Bonchev–Trinajstić information content (AvgIpc) is 2.90. The molecule has 0 aromatic heterocycles. The fourth-order valence-corrected chi connectivity index (χ4v) is 3.63. The van der Waals surface area contributed by atoms with Gasteiger partial charge in [-0.2, -0.15) is 0 Å². The third-order valence-corrected chi connectivity index (χ3v) is 5.33. The maximum absolute atomic E-state index is 12.5. The minimum atomic E-state index is -0.802. The summed E-state index contributed by atoms with van der Waals surface area (Å²) in [7, 11) is 1.86. The number of likely N-dealkylation sites (tertiary alicyclic amines) is 1. The van der Waals surface area contributed by atoms with Gasteiger partial charge in [0.2, 0.25) is 5.91 Å². The van der Waals surface area contributed by atoms with Gasteiger partial charge < -0.3 is 15.2 Å². The monoisotopic (exact) mass is 427 g/mol. The fourth-order valence-electron chi connectivity index (χ4n) is 3.63. The molecular weight excluding hydrogens is 394 g/mol. The molecule has 164 valence electrons. The highest BCUT2D eigenvalue weighted by molar-refractivity contribution is 5.85. The quantitative estimate of drug-likeness (QED) is 0.588. The van der Waals surface area contributed by atoms with E-state index in [4.69, 9.17) is 9.84 Å². The number of hydrogen-bond acceptors (Lipinski definition) is 5. The van der Waals surface area contributed by atoms with Crippen molar-refractivity contribution < 1.29 is 19.4 Å². The van der Waals surface area contributed by atoms with Crippen LogP contribution in [0.15, 0.2) is 24.3 Å². The maximum atomic E-state index is 12.5. The number of carboxylic acid groups (broad SMARTS) is 1. The molecule has 2 atom stereocenters. The number of aryl methyl sites for hydroxylation is 1. The van der Waals surface area contributed by atoms with E-state index >= 15 is 0 Å². The SMILES string of the molecule is Cc1cccc(OCCNC(=O)C(C)N2CCCC(N(C)CC(=O)O)CC2)c1.Cl. The van der Waals surface area contributed by atoms with Crippen molar-refractivity contribution >= 4 is 24.3 Å². The molecule has 0 bridgehead atoms. The number of nitrogens with zero attached hydrogens (tertiary/aromatic N) is 2. The zero-order valence-electron chi connectivity index (χ0n) is 17.6. The number of carbonyl (C=O) groups excluding carboxylic acids is 1. The van der Waals surface area contributed by atoms with Crippen molar-refractivity contribution in [3.05, 3.63) is 29.8 Å². The van der Waals surface area contributed by atoms with Crippen molar-refractivity contribution in [2.75, 3.05) is 39.8 Å². The first-order valence-corrected chi connectivity index (χ1v) is 10.00. The van der Waals surface area contributed by atoms with Crippen molar-refractivity contribution in [3.8, 4) is 5.75 Å². The summed E-state index contributed by atoms with van der Waals surface area (Å²) in [6.45, 7) is 6.55. The molecule has 2 N–H and O–H groups in total. The Balaban J connectivity index is 0.00000420. The van der Waals surface area contributed by atoms with Gasteiger partial charge in [0.1, 0.15) is 12.4 Å². The number of hydrogen-bond donors (Lipinski definition) is 2. The number of ether oxygens (including phenoxy) is 1. The van der Waals surface area contributed by atoms with E-state index in [1.54, 1.807) is 0 Å². The second-order valence-corrected chi connectivity index (χ2v) is 7.56. The van der Waals surface area contributed by atoms with Gasteiger partial charge in [0.05, 0.1) is 19.1 Å². The molecule has 1 heterocycles. The van der Waals surface area contributed by atoms with Gasteiger partial charge in [0.25, 0.3) is 0 Å². The maximum Gasteiger partial charge on any atom is 0.317 e. The Hall–Kier alpha value is -1.83. The Labute approximate surface area is 179 Å². The lowest BCUT2D eigenvalue weighted by Gasteiger charge is -2.28. The minimum absolute atomic E-state index is 0. The molecule has 29 heavy (non-hydrogen) atoms. The molecule has 0 saturated carbocycles. The number of aliphatic carboxylic acids is 1. The molecule has 0 aliphatic carbocycles. The average molecular weight is 428 g/mol. The van der Waals surface area contributed by atoms with E-state index < -0.39 is 5.97 Å². The Morgan fingerprint density at radius 1 is 1.34 bits per heavy atom. The van der Waals surface area contributed by atoms with Crippen molar-refractivity contribution in [1.29, 1.82) is 0 Å². The second-order valence-electron chi connectivity index (χ2n) is 7.56. The first-order valence-electron chi connectivity index (χ1n) is 10.00. The number of rotatable bonds is 9. The number of likely N-dealkylation sites (N-methyl/N-ethyl adjacent to an activating group) is 1. The Bertz CT molecular complexity index is 659. The van der Waals surface area contributed by atoms with Crippen molar-refractivity contribution in [3.63, 3.8) is 0 Å². The molecule has 2 unspecified atom stereocenters. The third kappa shape index (κ3) is 8.60. The smallest absolute Gasteiger partial charge is 0.317 e. The van der Waals surface area contributed by atoms with Crippen LogP contribution in [0.25, 0.3) is 0 Å². The molecule has 1 aliphatic heterocycles. The van der Waals surface area contributed by atoms with Gasteiger partial charge in [-0.1, -0.05) is 12.1 Å². The fraction of sp³-hybridized carbons (Fsp3) is 0.619. The first-order chi connectivity index (χ1) is 13.4. The largest absolute Gasteiger partial charge is 0.492 e. The van der Waals surface area contributed by atoms with E-state index in [1.165, 1.54) is 0 Å². The lowest BCUT2D eigenvalue weighted by Crippen LogP contribution is -2.46. The van der Waals surface area contributed by atoms with Gasteiger partial charge in [-0.05, 0) is 64.4 Å². The van der Waals surface area contributed by atoms with Crippen LogP contribution in [0.2, 0.25) is 0 Å². The van der Waals surface area contributed by atoms with E-state index in [9.17, 15) is 9.59 Å². The van der Waals surface area contributed by atoms with E-state index in [-0.39, 0.29) is 36.9 Å². The number of nitrogens with one attached hydrogen (secondary N) is 1. The highest BCUT2D eigenvalue weighted by Crippen LogP contribution is 2.17. The summed E-state index contributed by atoms with van der Waals surface area (Å²) in [4.78, 5) is 27.5. The Morgan fingerprint density at radius 3 is 2.79 bits per heavy atom. The second kappa shape index (κ2) is 12.7. The molecule has 1 fully saturated rings. The highest BCUT2D eigenvalue weighted by Gasteiger charge is 2.26. The Kier molecular flexibility index (Phi) is 11.0. The topological polar surface area (TPSA) is 82.1 Å². The summed E-state index contributed by atoms with van der Waals surface area (Å²) in [5, 5.41) is 11.9. The molecule has 1 saturated heterocycles. The summed E-state index contributed by atoms with van der Waals surface area (Å²) < 4.78 is 5.67. The molecule has 1 amide bonds. The zero-order chi connectivity index (χ0) is 20.5. The molecule has 1 aliphatic rings. The van der Waals surface area contributed by atoms with E-state index in [1.807, 2.05) is 50.1 Å². The van der Waals surface area contributed by atoms with Crippen molar-refractivity contribution in [1.82, 2.24) is 15.1 Å². The van der Waals surface area contributed by atoms with Crippen LogP contribution in [-0.2, 0) is 9.59 Å². The summed E-state index contributed by atoms with van der Waals surface area (Å²) in [5.41, 5.74) is 1.14. The number of carbonyl (C=O) groups is 2. The van der Waals surface area contributed by atoms with E-state index in [0.29, 0.717) is 13.2 Å². The first kappa shape index (κ1) is 25.2. The molecular formula is C21H34ClN3O4. The van der Waals surface area contributed by atoms with Crippen LogP contribution in [0.3, 0.4) is 0 Å². The van der Waals surface area contributed by atoms with Crippen molar-refractivity contribution in [2.24, 2.45) is 0 Å². The standard InChI is InChI=1S/C21H33N3O4.ClH/c1-16-6-4-8-19(14-16)28-13-10-22-21(27)17(2)24-11-5-7-18(9-12-24)23(3)15-20(25)26;/h4,6,8,14,17-18H,5,7,9-13,15H2,1-3H3,(H,22,27)(H,25,26);1H. The third-order valence-electron chi connectivity index (χ3n) is 5.33. The summed E-state index contributed by atoms with van der Waals surface area (Å²) in [6, 6.07) is 7.89. The predicted octanol–water partition coefficient (Wildman–Crippen LogP) is 2.17. The van der Waals surface area contributed by atoms with Crippen LogP contribution in [0, 0.1) is 6.92 Å². The van der Waals surface area contributed by atoms with Crippen molar-refractivity contribution in [2.45, 2.75) is 45.2 Å². The summed E-state index contributed by atoms with van der Waals surface area (Å²) in [6.07, 6.45) is 2.79. The van der Waals surface area contributed by atoms with Gasteiger partial charge in [0.15, 0.2) is 0 Å². The normalized spacial score (nSPS) is 18.4. The van der Waals surface area contributed by atoms with E-state index in [0.717, 1.165) is 43.7 Å². The number of amides is 1. The van der Waals surface area contributed by atoms with Crippen LogP contribution in [-0.4, -0.2) is 78.7 Å². The lowest BCUT2D eigenvalue weighted by molar-refractivity contribution is -0.138. The number of benzene rings is 1. The highest BCUT2D eigenvalue weighted by atomic mass is 35.5. The molecule has 0 radical (unpaired) electrons. The van der Waals surface area contributed by atoms with Gasteiger partial charge in [-0.25, -0.2) is 0 Å². The summed E-state index contributed by atoms with van der Waals surface area (Å²) >= 11 is 0. The Morgan fingerprint density at radius 2 is 2.10 bits per heavy atom. The van der Waals surface area contributed by atoms with Crippen LogP contribution < -0.4 is 10.1 Å². The zero-order valence-corrected chi connectivity index (χ0v) is 18.4. The van der Waals surface area contributed by atoms with Crippen LogP contribution in [0.4, 0.5) is 0 Å². The number of carboxylic acids is 1. The van der Waals surface area contributed by atoms with Crippen LogP contribution in [0.5, 0.6) is 5.75 Å². The molecule has 0 spiro atoms. The van der Waals surface area contributed by atoms with Gasteiger partial charge in [-0.3, -0.25) is 19.4 Å². The summed E-state index contributed by atoms with van der Waals surface area (Å²) in [5.74, 6) is 0.0146. The molecule has 2 rings (SSSR count). The van der Waals surface area contributed by atoms with E-state index in [2.05, 4.69) is 10.2 Å². The van der Waals surface area contributed by atoms with Crippen LogP contribution >= 0.6 is 12.4 Å². The lowest BCUT2D eigenvalue weighted by atomic mass is 10.1. The number of halogens is 1. The van der Waals surface area contributed by atoms with Gasteiger partial charge in [-0.15, -0.1) is 12.4 Å². The van der Waals surface area contributed by atoms with Gasteiger partial charge in [0, 0.05) is 12.6 Å². The molecule has 7 nitrogen and oxygen atoms in total. The van der Waals surface area contributed by atoms with Gasteiger partial charge >= 0.3 is 5.97 Å².